The molecule has 0 N–H and O–H groups in total. The van der Waals surface area contributed by atoms with Crippen LogP contribution in [0, 0.1) is 0 Å². The summed E-state index contributed by atoms with van der Waals surface area (Å²) < 4.78 is 0. The van der Waals surface area contributed by atoms with Crippen molar-refractivity contribution in [2.75, 3.05) is 0 Å². The lowest BCUT2D eigenvalue weighted by Gasteiger charge is -2.32. The van der Waals surface area contributed by atoms with Crippen molar-refractivity contribution in [3.63, 3.8) is 0 Å². The molecule has 0 heterocycles. The van der Waals surface area contributed by atoms with Gasteiger partial charge in [-0.3, -0.25) is 0 Å². The molecule has 0 unspecified atom stereocenters. The lowest BCUT2D eigenvalue weighted by atomic mass is 9.73. The summed E-state index contributed by atoms with van der Waals surface area (Å²) in [5.41, 5.74) is 4.96. The van der Waals surface area contributed by atoms with Crippen LogP contribution in [0.4, 0.5) is 0 Å². The molecule has 21 heavy (non-hydrogen) atoms. The van der Waals surface area contributed by atoms with Gasteiger partial charge in [0.1, 0.15) is 0 Å². The minimum atomic E-state index is 0.171. The second-order valence-electron chi connectivity index (χ2n) is 8.70. The third kappa shape index (κ3) is 2.61. The lowest BCUT2D eigenvalue weighted by molar-refractivity contribution is 0.534. The van der Waals surface area contributed by atoms with E-state index >= 15 is 0 Å². The van der Waals surface area contributed by atoms with E-state index in [1.165, 1.54) is 34.7 Å². The quantitative estimate of drug-likeness (QED) is 0.574. The third-order valence-corrected chi connectivity index (χ3v) is 4.67. The van der Waals surface area contributed by atoms with Crippen molar-refractivity contribution >= 4 is 10.8 Å². The molecule has 112 valence electrons. The summed E-state index contributed by atoms with van der Waals surface area (Å²) >= 11 is 0. The van der Waals surface area contributed by atoms with E-state index in [1.54, 1.807) is 5.56 Å². The topological polar surface area (TPSA) is 0 Å². The number of fused-ring (bicyclic) bond motifs is 1. The van der Waals surface area contributed by atoms with E-state index in [0.717, 1.165) is 5.92 Å². The van der Waals surface area contributed by atoms with E-state index < -0.39 is 0 Å². The molecule has 0 spiro atoms. The number of rotatable bonds is 1. The summed E-state index contributed by atoms with van der Waals surface area (Å²) in [6, 6.07) is 11.7. The molecule has 0 nitrogen and oxygen atoms in total. The Bertz CT molecular complexity index is 673. The van der Waals surface area contributed by atoms with Gasteiger partial charge in [-0.1, -0.05) is 71.9 Å². The molecule has 0 amide bonds. The maximum atomic E-state index is 2.38. The van der Waals surface area contributed by atoms with Crippen molar-refractivity contribution < 1.29 is 0 Å². The first-order valence-electron chi connectivity index (χ1n) is 8.26. The van der Waals surface area contributed by atoms with Crippen LogP contribution in [0.1, 0.15) is 77.0 Å². The second kappa shape index (κ2) is 4.60. The van der Waals surface area contributed by atoms with Gasteiger partial charge in [-0.25, -0.2) is 0 Å². The molecule has 2 aromatic rings. The number of hydrogen-bond donors (Lipinski definition) is 0. The summed E-state index contributed by atoms with van der Waals surface area (Å²) in [5, 5.41) is 2.96. The van der Waals surface area contributed by atoms with Crippen LogP contribution in [0.15, 0.2) is 30.3 Å². The maximum Gasteiger partial charge on any atom is -0.0123 e. The monoisotopic (exact) mass is 280 g/mol. The Balaban J connectivity index is 2.37. The van der Waals surface area contributed by atoms with Gasteiger partial charge in [-0.05, 0) is 57.1 Å². The molecule has 0 atom stereocenters. The maximum absolute atomic E-state index is 2.38. The van der Waals surface area contributed by atoms with Gasteiger partial charge in [0.15, 0.2) is 0 Å². The Kier molecular flexibility index (Phi) is 3.20. The molecule has 1 fully saturated rings. The van der Waals surface area contributed by atoms with E-state index in [-0.39, 0.29) is 10.8 Å². The van der Waals surface area contributed by atoms with Gasteiger partial charge in [0.25, 0.3) is 0 Å². The molecular formula is C21H28. The fourth-order valence-electron chi connectivity index (χ4n) is 3.57. The van der Waals surface area contributed by atoms with Crippen molar-refractivity contribution in [3.05, 3.63) is 47.0 Å². The molecule has 0 radical (unpaired) electrons. The van der Waals surface area contributed by atoms with E-state index in [4.69, 9.17) is 0 Å². The zero-order chi connectivity index (χ0) is 15.4. The summed E-state index contributed by atoms with van der Waals surface area (Å²) in [5.74, 6) is 0.807. The van der Waals surface area contributed by atoms with E-state index in [0.29, 0.717) is 0 Å². The molecule has 2 aromatic carbocycles. The van der Waals surface area contributed by atoms with Gasteiger partial charge < -0.3 is 0 Å². The highest BCUT2D eigenvalue weighted by atomic mass is 14.3. The van der Waals surface area contributed by atoms with Crippen LogP contribution in [0.5, 0.6) is 0 Å². The van der Waals surface area contributed by atoms with Crippen molar-refractivity contribution in [2.24, 2.45) is 0 Å². The highest BCUT2D eigenvalue weighted by molar-refractivity contribution is 5.91. The molecular weight excluding hydrogens is 252 g/mol. The van der Waals surface area contributed by atoms with Gasteiger partial charge in [-0.2, -0.15) is 0 Å². The first-order chi connectivity index (χ1) is 9.69. The molecule has 0 bridgehead atoms. The molecule has 0 heteroatoms. The number of benzene rings is 2. The Hall–Kier alpha value is -1.30. The van der Waals surface area contributed by atoms with Crippen molar-refractivity contribution in [1.82, 2.24) is 0 Å². The highest BCUT2D eigenvalue weighted by Crippen LogP contribution is 2.46. The number of hydrogen-bond acceptors (Lipinski definition) is 0. The normalized spacial score (nSPS) is 16.5. The van der Waals surface area contributed by atoms with E-state index in [9.17, 15) is 0 Å². The van der Waals surface area contributed by atoms with Crippen LogP contribution in [0.3, 0.4) is 0 Å². The van der Waals surface area contributed by atoms with Crippen LogP contribution in [-0.4, -0.2) is 0 Å². The molecule has 0 aliphatic heterocycles. The summed E-state index contributed by atoms with van der Waals surface area (Å²) in [4.78, 5) is 0. The van der Waals surface area contributed by atoms with Gasteiger partial charge >= 0.3 is 0 Å². The van der Waals surface area contributed by atoms with Crippen molar-refractivity contribution in [2.45, 2.75) is 71.1 Å². The summed E-state index contributed by atoms with van der Waals surface area (Å²) in [6.45, 7) is 14.0. The predicted molar refractivity (Wildman–Crippen MR) is 93.3 cm³/mol. The van der Waals surface area contributed by atoms with Crippen LogP contribution >= 0.6 is 0 Å². The van der Waals surface area contributed by atoms with E-state index in [2.05, 4.69) is 71.9 Å². The smallest absolute Gasteiger partial charge is 0.0123 e. The molecule has 3 rings (SSSR count). The van der Waals surface area contributed by atoms with Crippen LogP contribution < -0.4 is 0 Å². The van der Waals surface area contributed by atoms with Gasteiger partial charge in [0.2, 0.25) is 0 Å². The third-order valence-electron chi connectivity index (χ3n) is 4.67. The average Bonchev–Trinajstić information content (AvgIpc) is 3.18. The van der Waals surface area contributed by atoms with Crippen molar-refractivity contribution in [1.29, 1.82) is 0 Å². The largest absolute Gasteiger partial charge is 0.0613 e. The zero-order valence-electron chi connectivity index (χ0n) is 14.4. The van der Waals surface area contributed by atoms with Gasteiger partial charge in [-0.15, -0.1) is 0 Å². The minimum Gasteiger partial charge on any atom is -0.0613 e. The molecule has 1 aliphatic carbocycles. The Labute approximate surface area is 129 Å². The zero-order valence-corrected chi connectivity index (χ0v) is 14.4. The first kappa shape index (κ1) is 14.6. The SMILES string of the molecule is CC(C)(C)c1ccc2c(C3CC3)cccc2c1C(C)(C)C. The van der Waals surface area contributed by atoms with Crippen molar-refractivity contribution in [3.8, 4) is 0 Å². The Morgan fingerprint density at radius 2 is 1.43 bits per heavy atom. The fourth-order valence-corrected chi connectivity index (χ4v) is 3.57. The summed E-state index contributed by atoms with van der Waals surface area (Å²) in [6.07, 6.45) is 2.73. The Morgan fingerprint density at radius 3 is 1.95 bits per heavy atom. The predicted octanol–water partition coefficient (Wildman–Crippen LogP) is 6.31. The average molecular weight is 280 g/mol. The standard InChI is InChI=1S/C21H28/c1-20(2,3)18-13-12-16-15(14-10-11-14)8-7-9-17(16)19(18)21(4,5)6/h7-9,12-14H,10-11H2,1-6H3. The van der Waals surface area contributed by atoms with Crippen LogP contribution in [-0.2, 0) is 10.8 Å². The summed E-state index contributed by atoms with van der Waals surface area (Å²) in [7, 11) is 0. The van der Waals surface area contributed by atoms with Crippen LogP contribution in [0.25, 0.3) is 10.8 Å². The first-order valence-corrected chi connectivity index (χ1v) is 8.26. The fraction of sp³-hybridized carbons (Fsp3) is 0.524. The molecule has 1 saturated carbocycles. The minimum absolute atomic E-state index is 0.171. The Morgan fingerprint density at radius 1 is 0.762 bits per heavy atom. The highest BCUT2D eigenvalue weighted by Gasteiger charge is 2.30. The van der Waals surface area contributed by atoms with E-state index in [1.807, 2.05) is 0 Å². The van der Waals surface area contributed by atoms with Gasteiger partial charge in [0, 0.05) is 0 Å². The lowest BCUT2D eigenvalue weighted by Crippen LogP contribution is -2.22. The van der Waals surface area contributed by atoms with Crippen LogP contribution in [0.2, 0.25) is 0 Å². The second-order valence-corrected chi connectivity index (χ2v) is 8.70. The molecule has 0 aromatic heterocycles. The van der Waals surface area contributed by atoms with Gasteiger partial charge in [0.05, 0.1) is 0 Å². The molecule has 1 aliphatic rings. The molecule has 0 saturated heterocycles.